The highest BCUT2D eigenvalue weighted by Gasteiger charge is 2.42. The van der Waals surface area contributed by atoms with E-state index in [0.717, 1.165) is 22.9 Å². The number of hydrogen-bond donors (Lipinski definition) is 1. The van der Waals surface area contributed by atoms with Gasteiger partial charge >= 0.3 is 0 Å². The van der Waals surface area contributed by atoms with E-state index in [1.54, 1.807) is 0 Å². The second kappa shape index (κ2) is 10.3. The Balaban J connectivity index is 1.49. The molecule has 0 amide bonds. The van der Waals surface area contributed by atoms with E-state index in [1.165, 1.54) is 26.0 Å². The van der Waals surface area contributed by atoms with Crippen molar-refractivity contribution >= 4 is 10.9 Å². The summed E-state index contributed by atoms with van der Waals surface area (Å²) in [7, 11) is 0. The van der Waals surface area contributed by atoms with Crippen LogP contribution in [0.4, 0.5) is 17.6 Å². The third-order valence-electron chi connectivity index (χ3n) is 7.64. The van der Waals surface area contributed by atoms with Gasteiger partial charge in [0, 0.05) is 72.4 Å². The van der Waals surface area contributed by atoms with E-state index in [4.69, 9.17) is 4.74 Å². The van der Waals surface area contributed by atoms with Crippen molar-refractivity contribution in [1.29, 1.82) is 0 Å². The summed E-state index contributed by atoms with van der Waals surface area (Å²) in [6.45, 7) is 6.90. The molecule has 8 heteroatoms. The molecule has 1 aromatic heterocycles. The van der Waals surface area contributed by atoms with Gasteiger partial charge in [0.15, 0.2) is 0 Å². The molecule has 5 rings (SSSR count). The first-order chi connectivity index (χ1) is 17.7. The second-order valence-electron chi connectivity index (χ2n) is 11.1. The summed E-state index contributed by atoms with van der Waals surface area (Å²) in [4.78, 5) is 7.36. The molecule has 2 aliphatic heterocycles. The van der Waals surface area contributed by atoms with Gasteiger partial charge in [-0.05, 0) is 38.3 Å². The van der Waals surface area contributed by atoms with Gasteiger partial charge in [-0.3, -0.25) is 14.2 Å². The normalized spacial score (nSPS) is 21.3. The molecule has 2 aliphatic rings. The number of nitrogens with one attached hydrogen (secondary N) is 1. The largest absolute Gasteiger partial charge is 0.492 e. The van der Waals surface area contributed by atoms with E-state index in [2.05, 4.69) is 4.98 Å². The smallest absolute Gasteiger partial charge is 0.135 e. The van der Waals surface area contributed by atoms with Gasteiger partial charge in [-0.2, -0.15) is 0 Å². The maximum absolute atomic E-state index is 15.7. The molecule has 0 aliphatic carbocycles. The van der Waals surface area contributed by atoms with Crippen LogP contribution in [0, 0.1) is 17.6 Å². The Hall–Kier alpha value is -2.58. The predicted octanol–water partition coefficient (Wildman–Crippen LogP) is 6.20. The molecule has 200 valence electrons. The van der Waals surface area contributed by atoms with Crippen molar-refractivity contribution in [2.24, 2.45) is 5.92 Å². The van der Waals surface area contributed by atoms with Crippen molar-refractivity contribution in [3.8, 4) is 5.75 Å². The molecule has 1 fully saturated rings. The van der Waals surface area contributed by atoms with E-state index >= 15 is 13.2 Å². The standard InChI is InChI=1S/C29H35F4N3O/c1-4-19-11-22-21-7-5-6-8-25(21)34-27(22)28(36(19)17-29(2,3)33)26-23(31)12-20(13-24(26)32)37-10-9-35-15-18(14-30)16-35/h5-8,12-13,18-19,28,34H,4,9-11,14-17H2,1-3H3/t19-,28-/m1/s1. The minimum Gasteiger partial charge on any atom is -0.492 e. The summed E-state index contributed by atoms with van der Waals surface area (Å²) in [5.41, 5.74) is 0.984. The highest BCUT2D eigenvalue weighted by Crippen LogP contribution is 2.44. The molecule has 2 atom stereocenters. The van der Waals surface area contributed by atoms with Gasteiger partial charge in [0.25, 0.3) is 0 Å². The summed E-state index contributed by atoms with van der Waals surface area (Å²) in [6, 6.07) is 9.40. The molecule has 0 spiro atoms. The highest BCUT2D eigenvalue weighted by atomic mass is 19.1. The number of H-pyrrole nitrogens is 1. The van der Waals surface area contributed by atoms with Gasteiger partial charge in [-0.1, -0.05) is 25.1 Å². The van der Waals surface area contributed by atoms with Crippen molar-refractivity contribution < 1.29 is 22.3 Å². The molecule has 0 unspecified atom stereocenters. The zero-order valence-electron chi connectivity index (χ0n) is 21.7. The number of benzene rings is 2. The fourth-order valence-corrected chi connectivity index (χ4v) is 5.90. The number of likely N-dealkylation sites (tertiary alicyclic amines) is 1. The van der Waals surface area contributed by atoms with E-state index in [1.807, 2.05) is 41.0 Å². The Bertz CT molecular complexity index is 1220. The Labute approximate surface area is 215 Å². The minimum absolute atomic E-state index is 0.0395. The third kappa shape index (κ3) is 5.23. The molecular weight excluding hydrogens is 482 g/mol. The van der Waals surface area contributed by atoms with Gasteiger partial charge in [-0.15, -0.1) is 0 Å². The van der Waals surface area contributed by atoms with Gasteiger partial charge in [0.2, 0.25) is 0 Å². The van der Waals surface area contributed by atoms with Crippen molar-refractivity contribution in [1.82, 2.24) is 14.8 Å². The molecular formula is C29H35F4N3O. The van der Waals surface area contributed by atoms with E-state index in [0.29, 0.717) is 31.7 Å². The number of rotatable bonds is 9. The van der Waals surface area contributed by atoms with Crippen molar-refractivity contribution in [2.75, 3.05) is 39.5 Å². The number of nitrogens with zero attached hydrogens (tertiary/aromatic N) is 2. The number of aromatic amines is 1. The zero-order valence-corrected chi connectivity index (χ0v) is 21.7. The lowest BCUT2D eigenvalue weighted by Gasteiger charge is -2.44. The van der Waals surface area contributed by atoms with Crippen LogP contribution in [-0.2, 0) is 6.42 Å². The fraction of sp³-hybridized carbons (Fsp3) is 0.517. The van der Waals surface area contributed by atoms with Crippen LogP contribution in [0.3, 0.4) is 0 Å². The molecule has 1 saturated heterocycles. The lowest BCUT2D eigenvalue weighted by atomic mass is 9.85. The first-order valence-corrected chi connectivity index (χ1v) is 13.1. The Morgan fingerprint density at radius 1 is 1.11 bits per heavy atom. The maximum Gasteiger partial charge on any atom is 0.135 e. The minimum atomic E-state index is -1.55. The zero-order chi connectivity index (χ0) is 26.3. The van der Waals surface area contributed by atoms with Crippen LogP contribution in [0.5, 0.6) is 5.75 Å². The van der Waals surface area contributed by atoms with Crippen molar-refractivity contribution in [3.63, 3.8) is 0 Å². The number of alkyl halides is 2. The lowest BCUT2D eigenvalue weighted by Crippen LogP contribution is -2.49. The number of fused-ring (bicyclic) bond motifs is 3. The Kier molecular flexibility index (Phi) is 7.24. The SMILES string of the molecule is CC[C@@H]1Cc2c([nH]c3ccccc23)[C@@H](c2c(F)cc(OCCN3CC(CF)C3)cc2F)N1CC(C)(C)F. The lowest BCUT2D eigenvalue weighted by molar-refractivity contribution is 0.0560. The summed E-state index contributed by atoms with van der Waals surface area (Å²) in [6.07, 6.45) is 1.39. The summed E-state index contributed by atoms with van der Waals surface area (Å²) >= 11 is 0. The van der Waals surface area contributed by atoms with Crippen LogP contribution in [0.2, 0.25) is 0 Å². The maximum atomic E-state index is 15.7. The molecule has 0 bridgehead atoms. The average Bonchev–Trinajstić information content (AvgIpc) is 3.18. The van der Waals surface area contributed by atoms with Crippen molar-refractivity contribution in [2.45, 2.75) is 51.4 Å². The summed E-state index contributed by atoms with van der Waals surface area (Å²) in [5, 5.41) is 1.03. The molecule has 3 heterocycles. The van der Waals surface area contributed by atoms with Crippen LogP contribution in [-0.4, -0.2) is 66.0 Å². The van der Waals surface area contributed by atoms with E-state index < -0.39 is 23.3 Å². The van der Waals surface area contributed by atoms with Crippen LogP contribution in [0.15, 0.2) is 36.4 Å². The first kappa shape index (κ1) is 26.0. The van der Waals surface area contributed by atoms with Crippen LogP contribution < -0.4 is 4.74 Å². The monoisotopic (exact) mass is 517 g/mol. The van der Waals surface area contributed by atoms with E-state index in [-0.39, 0.29) is 43.1 Å². The van der Waals surface area contributed by atoms with Crippen LogP contribution >= 0.6 is 0 Å². The fourth-order valence-electron chi connectivity index (χ4n) is 5.90. The highest BCUT2D eigenvalue weighted by molar-refractivity contribution is 5.85. The van der Waals surface area contributed by atoms with Crippen LogP contribution in [0.25, 0.3) is 10.9 Å². The predicted molar refractivity (Wildman–Crippen MR) is 138 cm³/mol. The average molecular weight is 518 g/mol. The Morgan fingerprint density at radius 2 is 1.81 bits per heavy atom. The van der Waals surface area contributed by atoms with Gasteiger partial charge in [-0.25, -0.2) is 13.2 Å². The quantitative estimate of drug-likeness (QED) is 0.343. The third-order valence-corrected chi connectivity index (χ3v) is 7.64. The molecule has 4 nitrogen and oxygen atoms in total. The number of halogens is 4. The topological polar surface area (TPSA) is 31.5 Å². The van der Waals surface area contributed by atoms with Gasteiger partial charge < -0.3 is 9.72 Å². The molecule has 1 N–H and O–H groups in total. The van der Waals surface area contributed by atoms with E-state index in [9.17, 15) is 4.39 Å². The molecule has 3 aromatic rings. The number of para-hydroxylation sites is 1. The summed E-state index contributed by atoms with van der Waals surface area (Å²) in [5.74, 6) is -1.25. The van der Waals surface area contributed by atoms with Crippen LogP contribution in [0.1, 0.15) is 50.1 Å². The molecule has 0 radical (unpaired) electrons. The second-order valence-corrected chi connectivity index (χ2v) is 11.1. The molecule has 0 saturated carbocycles. The number of hydrogen-bond acceptors (Lipinski definition) is 3. The Morgan fingerprint density at radius 3 is 2.46 bits per heavy atom. The molecule has 37 heavy (non-hydrogen) atoms. The molecule has 2 aromatic carbocycles. The summed E-state index contributed by atoms with van der Waals surface area (Å²) < 4.78 is 64.8. The van der Waals surface area contributed by atoms with Gasteiger partial charge in [0.1, 0.15) is 29.7 Å². The first-order valence-electron chi connectivity index (χ1n) is 13.1. The van der Waals surface area contributed by atoms with Gasteiger partial charge in [0.05, 0.1) is 12.7 Å². The van der Waals surface area contributed by atoms with Crippen molar-refractivity contribution in [3.05, 3.63) is 64.9 Å². The number of aromatic nitrogens is 1. The number of ether oxygens (including phenoxy) is 1.